The van der Waals surface area contributed by atoms with Crippen molar-refractivity contribution in [3.63, 3.8) is 0 Å². The molecule has 17 heavy (non-hydrogen) atoms. The summed E-state index contributed by atoms with van der Waals surface area (Å²) in [5.41, 5.74) is 2.59. The minimum Gasteiger partial charge on any atom is -0.380 e. The van der Waals surface area contributed by atoms with E-state index in [1.54, 1.807) is 0 Å². The van der Waals surface area contributed by atoms with Crippen molar-refractivity contribution in [2.24, 2.45) is 0 Å². The van der Waals surface area contributed by atoms with Crippen LogP contribution < -0.4 is 4.90 Å². The molecule has 0 amide bonds. The number of hydrogen-bond acceptors (Lipinski definition) is 2. The monoisotopic (exact) mass is 363 g/mol. The van der Waals surface area contributed by atoms with Gasteiger partial charge in [0.15, 0.2) is 0 Å². The van der Waals surface area contributed by atoms with Gasteiger partial charge in [-0.2, -0.15) is 0 Å². The number of hydrogen-bond donors (Lipinski definition) is 0. The third kappa shape index (κ3) is 4.60. The predicted molar refractivity (Wildman–Crippen MR) is 81.2 cm³/mol. The highest BCUT2D eigenvalue weighted by Crippen LogP contribution is 2.26. The Kier molecular flexibility index (Phi) is 7.16. The van der Waals surface area contributed by atoms with Gasteiger partial charge < -0.3 is 9.64 Å². The van der Waals surface area contributed by atoms with Crippen LogP contribution in [-0.4, -0.2) is 26.3 Å². The van der Waals surface area contributed by atoms with Crippen LogP contribution in [0.15, 0.2) is 22.7 Å². The first-order valence-corrected chi connectivity index (χ1v) is 7.81. The van der Waals surface area contributed by atoms with E-state index in [-0.39, 0.29) is 0 Å². The lowest BCUT2D eigenvalue weighted by Crippen LogP contribution is -2.28. The molecule has 1 aromatic rings. The average molecular weight is 365 g/mol. The van der Waals surface area contributed by atoms with E-state index in [1.807, 2.05) is 6.92 Å². The molecule has 0 unspecified atom stereocenters. The normalized spacial score (nSPS) is 10.6. The number of likely N-dealkylation sites (N-methyl/N-ethyl adjacent to an activating group) is 1. The van der Waals surface area contributed by atoms with Gasteiger partial charge in [0.1, 0.15) is 0 Å². The maximum absolute atomic E-state index is 5.42. The second-order valence-corrected chi connectivity index (χ2v) is 5.16. The van der Waals surface area contributed by atoms with E-state index in [0.717, 1.165) is 36.1 Å². The molecule has 0 aliphatic heterocycles. The molecule has 0 bridgehead atoms. The minimum absolute atomic E-state index is 0.780. The summed E-state index contributed by atoms with van der Waals surface area (Å²) >= 11 is 7.05. The highest BCUT2D eigenvalue weighted by molar-refractivity contribution is 9.10. The van der Waals surface area contributed by atoms with Gasteiger partial charge in [-0.1, -0.05) is 31.9 Å². The molecule has 0 aromatic heterocycles. The zero-order valence-electron chi connectivity index (χ0n) is 10.4. The van der Waals surface area contributed by atoms with Gasteiger partial charge in [-0.25, -0.2) is 0 Å². The van der Waals surface area contributed by atoms with Crippen LogP contribution in [0.5, 0.6) is 0 Å². The summed E-state index contributed by atoms with van der Waals surface area (Å²) in [5, 5.41) is 0.868. The van der Waals surface area contributed by atoms with Gasteiger partial charge >= 0.3 is 0 Å². The lowest BCUT2D eigenvalue weighted by Gasteiger charge is -2.25. The Morgan fingerprint density at radius 2 is 2.06 bits per heavy atom. The van der Waals surface area contributed by atoms with Crippen molar-refractivity contribution in [1.29, 1.82) is 0 Å². The number of rotatable bonds is 7. The molecule has 0 heterocycles. The smallest absolute Gasteiger partial charge is 0.0641 e. The molecule has 0 aliphatic carbocycles. The predicted octanol–water partition coefficient (Wildman–Crippen LogP) is 4.21. The summed E-state index contributed by atoms with van der Waals surface area (Å²) in [7, 11) is 0. The van der Waals surface area contributed by atoms with Gasteiger partial charge in [0.2, 0.25) is 0 Å². The van der Waals surface area contributed by atoms with E-state index in [0.29, 0.717) is 0 Å². The van der Waals surface area contributed by atoms with Crippen LogP contribution in [0.3, 0.4) is 0 Å². The van der Waals surface area contributed by atoms with Crippen molar-refractivity contribution in [2.45, 2.75) is 19.2 Å². The van der Waals surface area contributed by atoms with E-state index in [9.17, 15) is 0 Å². The fraction of sp³-hybridized carbons (Fsp3) is 0.538. The van der Waals surface area contributed by atoms with Crippen molar-refractivity contribution >= 4 is 37.5 Å². The zero-order valence-corrected chi connectivity index (χ0v) is 13.6. The Morgan fingerprint density at radius 3 is 2.65 bits per heavy atom. The topological polar surface area (TPSA) is 12.5 Å². The van der Waals surface area contributed by atoms with Gasteiger partial charge in [0, 0.05) is 35.2 Å². The van der Waals surface area contributed by atoms with E-state index >= 15 is 0 Å². The zero-order chi connectivity index (χ0) is 12.7. The summed E-state index contributed by atoms with van der Waals surface area (Å²) < 4.78 is 6.54. The van der Waals surface area contributed by atoms with E-state index in [2.05, 4.69) is 61.9 Å². The summed E-state index contributed by atoms with van der Waals surface area (Å²) in [6.45, 7) is 7.69. The summed E-state index contributed by atoms with van der Waals surface area (Å²) in [5.74, 6) is 0. The van der Waals surface area contributed by atoms with Crippen LogP contribution in [0.1, 0.15) is 19.4 Å². The third-order valence-electron chi connectivity index (χ3n) is 2.62. The number of anilines is 1. The van der Waals surface area contributed by atoms with Crippen molar-refractivity contribution in [2.75, 3.05) is 31.2 Å². The fourth-order valence-electron chi connectivity index (χ4n) is 1.74. The molecule has 96 valence electrons. The van der Waals surface area contributed by atoms with Crippen LogP contribution in [0.4, 0.5) is 5.69 Å². The number of nitrogens with zero attached hydrogens (tertiary/aromatic N) is 1. The number of alkyl halides is 1. The van der Waals surface area contributed by atoms with Crippen LogP contribution in [0.2, 0.25) is 0 Å². The number of ether oxygens (including phenoxy) is 1. The van der Waals surface area contributed by atoms with Gasteiger partial charge in [-0.05, 0) is 37.6 Å². The molecule has 0 atom stereocenters. The quantitative estimate of drug-likeness (QED) is 0.530. The van der Waals surface area contributed by atoms with Crippen molar-refractivity contribution in [3.05, 3.63) is 28.2 Å². The van der Waals surface area contributed by atoms with Crippen LogP contribution in [0.25, 0.3) is 0 Å². The summed E-state index contributed by atoms with van der Waals surface area (Å²) in [4.78, 5) is 2.35. The minimum atomic E-state index is 0.780. The summed E-state index contributed by atoms with van der Waals surface area (Å²) in [6, 6.07) is 6.41. The van der Waals surface area contributed by atoms with Crippen LogP contribution in [-0.2, 0) is 10.1 Å². The Bertz CT molecular complexity index is 344. The molecule has 0 spiro atoms. The van der Waals surface area contributed by atoms with Crippen LogP contribution >= 0.6 is 31.9 Å². The first kappa shape index (κ1) is 15.0. The first-order chi connectivity index (χ1) is 8.22. The van der Waals surface area contributed by atoms with Crippen molar-refractivity contribution < 1.29 is 4.74 Å². The SMILES string of the molecule is CCOCCN(CC)c1ccc(Br)cc1CBr. The average Bonchev–Trinajstić information content (AvgIpc) is 2.35. The van der Waals surface area contributed by atoms with Gasteiger partial charge in [-0.15, -0.1) is 0 Å². The van der Waals surface area contributed by atoms with E-state index in [4.69, 9.17) is 4.74 Å². The molecular weight excluding hydrogens is 346 g/mol. The molecule has 0 fully saturated rings. The summed E-state index contributed by atoms with van der Waals surface area (Å²) in [6.07, 6.45) is 0. The lowest BCUT2D eigenvalue weighted by atomic mass is 10.2. The number of halogens is 2. The molecule has 4 heteroatoms. The largest absolute Gasteiger partial charge is 0.380 e. The molecule has 1 aromatic carbocycles. The number of benzene rings is 1. The fourth-order valence-corrected chi connectivity index (χ4v) is 2.60. The standard InChI is InChI=1S/C13H19Br2NO/c1-3-16(7-8-17-4-2)13-6-5-12(15)9-11(13)10-14/h5-6,9H,3-4,7-8,10H2,1-2H3. The van der Waals surface area contributed by atoms with E-state index < -0.39 is 0 Å². The molecule has 0 saturated carbocycles. The van der Waals surface area contributed by atoms with Gasteiger partial charge in [0.25, 0.3) is 0 Å². The Hall–Kier alpha value is -0.0600. The van der Waals surface area contributed by atoms with Gasteiger partial charge in [-0.3, -0.25) is 0 Å². The van der Waals surface area contributed by atoms with Crippen molar-refractivity contribution in [1.82, 2.24) is 0 Å². The molecule has 0 aliphatic rings. The Balaban J connectivity index is 2.79. The first-order valence-electron chi connectivity index (χ1n) is 5.90. The van der Waals surface area contributed by atoms with Crippen molar-refractivity contribution in [3.8, 4) is 0 Å². The molecule has 1 rings (SSSR count). The van der Waals surface area contributed by atoms with Gasteiger partial charge in [0.05, 0.1) is 6.61 Å². The van der Waals surface area contributed by atoms with E-state index in [1.165, 1.54) is 11.3 Å². The molecule has 0 radical (unpaired) electrons. The third-order valence-corrected chi connectivity index (χ3v) is 3.71. The molecular formula is C13H19Br2NO. The highest BCUT2D eigenvalue weighted by Gasteiger charge is 2.09. The lowest BCUT2D eigenvalue weighted by molar-refractivity contribution is 0.154. The molecule has 0 N–H and O–H groups in total. The second kappa shape index (κ2) is 8.11. The maximum atomic E-state index is 5.42. The maximum Gasteiger partial charge on any atom is 0.0641 e. The Morgan fingerprint density at radius 1 is 1.29 bits per heavy atom. The van der Waals surface area contributed by atoms with Crippen LogP contribution in [0, 0.1) is 0 Å². The second-order valence-electron chi connectivity index (χ2n) is 3.68. The Labute approximate surface area is 121 Å². The molecule has 0 saturated heterocycles. The molecule has 2 nitrogen and oxygen atoms in total. The highest BCUT2D eigenvalue weighted by atomic mass is 79.9.